The number of benzene rings is 2. The van der Waals surface area contributed by atoms with E-state index in [1.165, 1.54) is 6.07 Å². The standard InChI is InChI=1S/C43H55BrF2NO7P/c1-4-7-8-9-10-14-31(23-41(49)54-34-15-11-12-16-34)42(50)47-27-35(52-28-30-19-21-33(44)22-20-30)24-39(47)40(48)26-43(25-32(43)5-2)55(51,53-6-3)29-36-37(45)17-13-18-38(36)46/h4-5,13,17-22,31-32,34-35,39H,1-2,6-12,14-16,23-29H2,3H3/t31-,32-,35+,39+,43-,55?/m1/s1. The number of hydrogen-bond donors (Lipinski definition) is 0. The summed E-state index contributed by atoms with van der Waals surface area (Å²) in [7, 11) is -3.93. The summed E-state index contributed by atoms with van der Waals surface area (Å²) in [5.41, 5.74) is 0.576. The predicted octanol–water partition coefficient (Wildman–Crippen LogP) is 10.3. The first-order valence-corrected chi connectivity index (χ1v) is 22.3. The molecular weight excluding hydrogens is 791 g/mol. The third-order valence-corrected chi connectivity index (χ3v) is 15.4. The van der Waals surface area contributed by atoms with Gasteiger partial charge in [-0.05, 0) is 94.0 Å². The molecule has 2 aromatic carbocycles. The van der Waals surface area contributed by atoms with Gasteiger partial charge in [-0.25, -0.2) is 8.78 Å². The number of ether oxygens (including phenoxy) is 2. The number of halogens is 3. The summed E-state index contributed by atoms with van der Waals surface area (Å²) in [4.78, 5) is 44.1. The summed E-state index contributed by atoms with van der Waals surface area (Å²) in [5, 5.41) is -1.24. The second-order valence-corrected chi connectivity index (χ2v) is 19.0. The Labute approximate surface area is 333 Å². The molecule has 0 bridgehead atoms. The highest BCUT2D eigenvalue weighted by molar-refractivity contribution is 9.10. The van der Waals surface area contributed by atoms with Crippen LogP contribution in [0.4, 0.5) is 8.78 Å². The van der Waals surface area contributed by atoms with Crippen molar-refractivity contribution >= 4 is 41.0 Å². The maximum atomic E-state index is 14.9. The highest BCUT2D eigenvalue weighted by atomic mass is 79.9. The molecule has 5 rings (SSSR count). The van der Waals surface area contributed by atoms with Crippen LogP contribution in [0.15, 0.2) is 72.2 Å². The first kappa shape index (κ1) is 43.1. The Morgan fingerprint density at radius 2 is 1.75 bits per heavy atom. The Kier molecular flexibility index (Phi) is 15.6. The van der Waals surface area contributed by atoms with Crippen LogP contribution in [-0.4, -0.2) is 59.1 Å². The van der Waals surface area contributed by atoms with Gasteiger partial charge in [-0.2, -0.15) is 0 Å². The number of carbonyl (C=O) groups excluding carboxylic acids is 3. The predicted molar refractivity (Wildman–Crippen MR) is 213 cm³/mol. The second kappa shape index (κ2) is 19.9. The summed E-state index contributed by atoms with van der Waals surface area (Å²) in [5.74, 6) is -3.83. The van der Waals surface area contributed by atoms with E-state index >= 15 is 0 Å². The van der Waals surface area contributed by atoms with Gasteiger partial charge in [0.1, 0.15) is 17.7 Å². The van der Waals surface area contributed by atoms with Crippen molar-refractivity contribution in [3.05, 3.63) is 95.0 Å². The molecule has 0 N–H and O–H groups in total. The Morgan fingerprint density at radius 1 is 1.04 bits per heavy atom. The lowest BCUT2D eigenvalue weighted by molar-refractivity contribution is -0.154. The number of allylic oxidation sites excluding steroid dienone is 2. The van der Waals surface area contributed by atoms with Crippen LogP contribution in [-0.2, 0) is 45.7 Å². The van der Waals surface area contributed by atoms with Crippen LogP contribution in [0.5, 0.6) is 0 Å². The number of Topliss-reactive ketones (excluding diaryl/α,β-unsaturated/α-hetero) is 1. The van der Waals surface area contributed by atoms with Gasteiger partial charge in [-0.15, -0.1) is 13.2 Å². The van der Waals surface area contributed by atoms with Crippen LogP contribution in [0, 0.1) is 23.5 Å². The van der Waals surface area contributed by atoms with Crippen molar-refractivity contribution in [2.45, 2.75) is 127 Å². The molecule has 0 radical (unpaired) electrons. The number of unbranched alkanes of at least 4 members (excludes halogenated alkanes) is 3. The molecule has 300 valence electrons. The highest BCUT2D eigenvalue weighted by Crippen LogP contribution is 2.76. The van der Waals surface area contributed by atoms with Crippen molar-refractivity contribution in [1.82, 2.24) is 4.90 Å². The average Bonchev–Trinajstić information content (AvgIpc) is 3.43. The lowest BCUT2D eigenvalue weighted by atomic mass is 9.94. The Balaban J connectivity index is 1.41. The van der Waals surface area contributed by atoms with Crippen LogP contribution >= 0.6 is 23.3 Å². The van der Waals surface area contributed by atoms with Gasteiger partial charge in [0.05, 0.1) is 43.1 Å². The van der Waals surface area contributed by atoms with Crippen LogP contribution < -0.4 is 0 Å². The molecule has 1 saturated heterocycles. The smallest absolute Gasteiger partial charge is 0.306 e. The summed E-state index contributed by atoms with van der Waals surface area (Å²) >= 11 is 3.45. The van der Waals surface area contributed by atoms with Crippen molar-refractivity contribution in [2.75, 3.05) is 13.2 Å². The van der Waals surface area contributed by atoms with E-state index in [1.54, 1.807) is 17.9 Å². The van der Waals surface area contributed by atoms with Crippen molar-refractivity contribution in [2.24, 2.45) is 11.8 Å². The van der Waals surface area contributed by atoms with Crippen LogP contribution in [0.2, 0.25) is 0 Å². The van der Waals surface area contributed by atoms with E-state index in [0.717, 1.165) is 67.1 Å². The molecule has 3 fully saturated rings. The quantitative estimate of drug-likeness (QED) is 0.0504. The van der Waals surface area contributed by atoms with Gasteiger partial charge >= 0.3 is 5.97 Å². The maximum absolute atomic E-state index is 14.9. The molecule has 12 heteroatoms. The number of hydrogen-bond acceptors (Lipinski definition) is 7. The van der Waals surface area contributed by atoms with Crippen molar-refractivity contribution < 1.29 is 41.7 Å². The fraction of sp³-hybridized carbons (Fsp3) is 0.558. The SMILES string of the molecule is C=CCCCCC[C@H](CC(=O)OC1CCCC1)C(=O)N1C[C@@H](OCc2ccc(Br)cc2)C[C@H]1C(=O)C[C@]1(P(=O)(Cc2c(F)cccc2F)OCC)C[C@H]1C=C. The number of ketones is 1. The molecule has 1 amide bonds. The molecule has 3 aliphatic rings. The normalized spacial score (nSPS) is 23.9. The third-order valence-electron chi connectivity index (χ3n) is 11.5. The Hall–Kier alpha value is -2.98. The first-order valence-electron chi connectivity index (χ1n) is 19.7. The van der Waals surface area contributed by atoms with E-state index in [1.807, 2.05) is 30.3 Å². The van der Waals surface area contributed by atoms with E-state index in [-0.39, 0.29) is 62.4 Å². The molecule has 6 atom stereocenters. The molecule has 2 aliphatic carbocycles. The van der Waals surface area contributed by atoms with Crippen molar-refractivity contribution in [3.63, 3.8) is 0 Å². The molecule has 1 aliphatic heterocycles. The number of esters is 1. The lowest BCUT2D eigenvalue weighted by Crippen LogP contribution is -2.45. The van der Waals surface area contributed by atoms with E-state index in [2.05, 4.69) is 29.1 Å². The summed E-state index contributed by atoms with van der Waals surface area (Å²) in [6, 6.07) is 10.2. The summed E-state index contributed by atoms with van der Waals surface area (Å²) < 4.78 is 63.7. The number of nitrogens with zero attached hydrogens (tertiary/aromatic N) is 1. The van der Waals surface area contributed by atoms with Gasteiger partial charge in [-0.3, -0.25) is 18.9 Å². The van der Waals surface area contributed by atoms with E-state index in [9.17, 15) is 27.7 Å². The first-order chi connectivity index (χ1) is 26.4. The van der Waals surface area contributed by atoms with Crippen molar-refractivity contribution in [1.29, 1.82) is 0 Å². The average molecular weight is 847 g/mol. The van der Waals surface area contributed by atoms with Crippen molar-refractivity contribution in [3.8, 4) is 0 Å². The number of amides is 1. The largest absolute Gasteiger partial charge is 0.462 e. The second-order valence-electron chi connectivity index (χ2n) is 15.3. The molecule has 2 saturated carbocycles. The molecule has 55 heavy (non-hydrogen) atoms. The molecular formula is C43H55BrF2NO7P. The minimum atomic E-state index is -3.93. The zero-order valence-corrected chi connectivity index (χ0v) is 34.4. The monoisotopic (exact) mass is 845 g/mol. The van der Waals surface area contributed by atoms with Gasteiger partial charge < -0.3 is 18.9 Å². The highest BCUT2D eigenvalue weighted by Gasteiger charge is 2.66. The van der Waals surface area contributed by atoms with Crippen LogP contribution in [0.3, 0.4) is 0 Å². The zero-order chi connectivity index (χ0) is 39.6. The van der Waals surface area contributed by atoms with E-state index < -0.39 is 60.3 Å². The molecule has 1 heterocycles. The van der Waals surface area contributed by atoms with E-state index in [0.29, 0.717) is 19.3 Å². The molecule has 2 aromatic rings. The third kappa shape index (κ3) is 10.9. The Morgan fingerprint density at radius 3 is 2.38 bits per heavy atom. The zero-order valence-electron chi connectivity index (χ0n) is 31.9. The van der Waals surface area contributed by atoms with Gasteiger partial charge in [-0.1, -0.05) is 59.1 Å². The van der Waals surface area contributed by atoms with Crippen LogP contribution in [0.25, 0.3) is 0 Å². The number of rotatable bonds is 22. The van der Waals surface area contributed by atoms with E-state index in [4.69, 9.17) is 14.0 Å². The molecule has 0 aromatic heterocycles. The van der Waals surface area contributed by atoms with Gasteiger partial charge in [0.15, 0.2) is 5.78 Å². The number of likely N-dealkylation sites (tertiary alicyclic amines) is 1. The van der Waals surface area contributed by atoms with Gasteiger partial charge in [0.2, 0.25) is 13.3 Å². The molecule has 1 unspecified atom stereocenters. The molecule has 0 spiro atoms. The maximum Gasteiger partial charge on any atom is 0.306 e. The van der Waals surface area contributed by atoms with Gasteiger partial charge in [0.25, 0.3) is 0 Å². The summed E-state index contributed by atoms with van der Waals surface area (Å²) in [6.07, 6.45) is 9.93. The van der Waals surface area contributed by atoms with Gasteiger partial charge in [0, 0.05) is 35.3 Å². The minimum Gasteiger partial charge on any atom is -0.462 e. The van der Waals surface area contributed by atoms with Crippen LogP contribution in [0.1, 0.15) is 102 Å². The number of carbonyl (C=O) groups is 3. The lowest BCUT2D eigenvalue weighted by Gasteiger charge is -2.32. The topological polar surface area (TPSA) is 99.2 Å². The minimum absolute atomic E-state index is 0.0125. The fourth-order valence-electron chi connectivity index (χ4n) is 8.30. The Bertz CT molecular complexity index is 1700. The summed E-state index contributed by atoms with van der Waals surface area (Å²) in [6.45, 7) is 9.78. The fourth-order valence-corrected chi connectivity index (χ4v) is 11.8. The molecule has 8 nitrogen and oxygen atoms in total.